The van der Waals surface area contributed by atoms with Crippen molar-refractivity contribution in [1.29, 1.82) is 0 Å². The zero-order valence-electron chi connectivity index (χ0n) is 11.1. The van der Waals surface area contributed by atoms with Crippen LogP contribution in [0.1, 0.15) is 16.8 Å². The fraction of sp³-hybridized carbons (Fsp3) is 0.462. The highest BCUT2D eigenvalue weighted by atomic mass is 32.2. The molecule has 1 saturated heterocycles. The fourth-order valence-electron chi connectivity index (χ4n) is 2.18. The van der Waals surface area contributed by atoms with Gasteiger partial charge in [0.15, 0.2) is 9.84 Å². The largest absolute Gasteiger partial charge is 0.337 e. The first-order chi connectivity index (χ1) is 8.89. The molecule has 0 bridgehead atoms. The normalized spacial score (nSPS) is 19.4. The molecule has 0 aromatic heterocycles. The molecule has 1 aliphatic rings. The molecule has 5 nitrogen and oxygen atoms in total. The second kappa shape index (κ2) is 5.30. The zero-order valence-corrected chi connectivity index (χ0v) is 11.9. The van der Waals surface area contributed by atoms with Gasteiger partial charge in [-0.25, -0.2) is 8.42 Å². The number of hydrogen-bond donors (Lipinski definition) is 1. The molecule has 1 aromatic carbocycles. The Labute approximate surface area is 113 Å². The molecule has 2 rings (SSSR count). The summed E-state index contributed by atoms with van der Waals surface area (Å²) < 4.78 is 22.7. The maximum atomic E-state index is 12.2. The second-order valence-corrected chi connectivity index (χ2v) is 6.87. The molecule has 19 heavy (non-hydrogen) atoms. The summed E-state index contributed by atoms with van der Waals surface area (Å²) in [6.45, 7) is 1.74. The maximum Gasteiger partial charge on any atom is 0.253 e. The fourth-order valence-corrected chi connectivity index (χ4v) is 2.81. The molecule has 6 heteroatoms. The van der Waals surface area contributed by atoms with Crippen molar-refractivity contribution in [3.05, 3.63) is 29.8 Å². The van der Waals surface area contributed by atoms with Crippen LogP contribution in [0.3, 0.4) is 0 Å². The lowest BCUT2D eigenvalue weighted by Crippen LogP contribution is -2.38. The molecule has 1 heterocycles. The number of amides is 1. The van der Waals surface area contributed by atoms with Crippen molar-refractivity contribution >= 4 is 15.7 Å². The topological polar surface area (TPSA) is 66.5 Å². The number of nitrogens with zero attached hydrogens (tertiary/aromatic N) is 1. The molecule has 1 atom stereocenters. The predicted octanol–water partition coefficient (Wildman–Crippen LogP) is 0.524. The van der Waals surface area contributed by atoms with Crippen LogP contribution in [0, 0.1) is 0 Å². The molecule has 0 radical (unpaired) electrons. The van der Waals surface area contributed by atoms with E-state index in [9.17, 15) is 13.2 Å². The van der Waals surface area contributed by atoms with Crippen LogP contribution in [0.2, 0.25) is 0 Å². The summed E-state index contributed by atoms with van der Waals surface area (Å²) in [5.74, 6) is -0.0752. The van der Waals surface area contributed by atoms with Gasteiger partial charge >= 0.3 is 0 Å². The Morgan fingerprint density at radius 2 is 1.95 bits per heavy atom. The monoisotopic (exact) mass is 282 g/mol. The van der Waals surface area contributed by atoms with Gasteiger partial charge in [-0.2, -0.15) is 0 Å². The molecule has 0 aliphatic carbocycles. The first-order valence-corrected chi connectivity index (χ1v) is 8.07. The van der Waals surface area contributed by atoms with E-state index >= 15 is 0 Å². The quantitative estimate of drug-likeness (QED) is 0.878. The van der Waals surface area contributed by atoms with Crippen molar-refractivity contribution in [3.8, 4) is 0 Å². The van der Waals surface area contributed by atoms with Crippen LogP contribution in [0.5, 0.6) is 0 Å². The minimum atomic E-state index is -3.22. The second-order valence-electron chi connectivity index (χ2n) is 4.86. The summed E-state index contributed by atoms with van der Waals surface area (Å²) in [7, 11) is -1.43. The number of rotatable bonds is 3. The summed E-state index contributed by atoms with van der Waals surface area (Å²) in [6, 6.07) is 6.30. The number of sulfone groups is 1. The van der Waals surface area contributed by atoms with Gasteiger partial charge < -0.3 is 10.2 Å². The third kappa shape index (κ3) is 3.13. The number of nitrogens with one attached hydrogen (secondary N) is 1. The highest BCUT2D eigenvalue weighted by molar-refractivity contribution is 7.90. The zero-order chi connectivity index (χ0) is 14.0. The molecule has 0 unspecified atom stereocenters. The van der Waals surface area contributed by atoms with E-state index in [2.05, 4.69) is 5.32 Å². The molecule has 1 aromatic rings. The average Bonchev–Trinajstić information content (AvgIpc) is 2.90. The summed E-state index contributed by atoms with van der Waals surface area (Å²) >= 11 is 0. The Morgan fingerprint density at radius 1 is 1.32 bits per heavy atom. The predicted molar refractivity (Wildman–Crippen MR) is 72.9 cm³/mol. The van der Waals surface area contributed by atoms with Gasteiger partial charge in [0, 0.05) is 31.5 Å². The van der Waals surface area contributed by atoms with Crippen molar-refractivity contribution in [3.63, 3.8) is 0 Å². The van der Waals surface area contributed by atoms with Gasteiger partial charge in [-0.15, -0.1) is 0 Å². The number of carbonyl (C=O) groups is 1. The van der Waals surface area contributed by atoms with Crippen molar-refractivity contribution in [2.45, 2.75) is 17.4 Å². The minimum Gasteiger partial charge on any atom is -0.337 e. The van der Waals surface area contributed by atoms with Crippen LogP contribution in [0.4, 0.5) is 0 Å². The number of likely N-dealkylation sites (N-methyl/N-ethyl adjacent to an activating group) is 1. The van der Waals surface area contributed by atoms with E-state index in [1.54, 1.807) is 24.1 Å². The lowest BCUT2D eigenvalue weighted by molar-refractivity contribution is 0.0743. The number of carbonyl (C=O) groups excluding carboxylic acids is 1. The summed E-state index contributed by atoms with van der Waals surface area (Å²) in [4.78, 5) is 14.2. The highest BCUT2D eigenvalue weighted by Crippen LogP contribution is 2.14. The maximum absolute atomic E-state index is 12.2. The van der Waals surface area contributed by atoms with Crippen molar-refractivity contribution in [2.75, 3.05) is 26.4 Å². The molecule has 1 N–H and O–H groups in total. The molecule has 104 valence electrons. The van der Waals surface area contributed by atoms with Crippen molar-refractivity contribution < 1.29 is 13.2 Å². The van der Waals surface area contributed by atoms with Crippen LogP contribution in [0.15, 0.2) is 29.2 Å². The van der Waals surface area contributed by atoms with Crippen LogP contribution in [-0.2, 0) is 9.84 Å². The van der Waals surface area contributed by atoms with E-state index in [0.717, 1.165) is 25.8 Å². The molecule has 1 aliphatic heterocycles. The minimum absolute atomic E-state index is 0.0752. The van der Waals surface area contributed by atoms with Gasteiger partial charge in [-0.05, 0) is 37.2 Å². The van der Waals surface area contributed by atoms with E-state index in [0.29, 0.717) is 5.56 Å². The van der Waals surface area contributed by atoms with Gasteiger partial charge in [0.25, 0.3) is 5.91 Å². The smallest absolute Gasteiger partial charge is 0.253 e. The van der Waals surface area contributed by atoms with E-state index in [1.165, 1.54) is 12.1 Å². The summed E-state index contributed by atoms with van der Waals surface area (Å²) in [5, 5.41) is 3.22. The Morgan fingerprint density at radius 3 is 2.42 bits per heavy atom. The molecule has 1 amide bonds. The van der Waals surface area contributed by atoms with Gasteiger partial charge in [-0.1, -0.05) is 0 Å². The van der Waals surface area contributed by atoms with E-state index in [1.807, 2.05) is 0 Å². The average molecular weight is 282 g/mol. The van der Waals surface area contributed by atoms with E-state index in [-0.39, 0.29) is 16.8 Å². The SMILES string of the molecule is CN(C(=O)c1ccc(S(C)(=O)=O)cc1)[C@@H]1CCNC1. The third-order valence-electron chi connectivity index (χ3n) is 3.43. The first kappa shape index (κ1) is 14.0. The molecular formula is C13H18N2O3S. The Bertz CT molecular complexity index is 560. The van der Waals surface area contributed by atoms with Gasteiger partial charge in [-0.3, -0.25) is 4.79 Å². The molecule has 1 fully saturated rings. The van der Waals surface area contributed by atoms with Crippen LogP contribution < -0.4 is 5.32 Å². The van der Waals surface area contributed by atoms with Gasteiger partial charge in [0.2, 0.25) is 0 Å². The Hall–Kier alpha value is -1.40. The van der Waals surface area contributed by atoms with Crippen molar-refractivity contribution in [2.24, 2.45) is 0 Å². The third-order valence-corrected chi connectivity index (χ3v) is 4.56. The lowest BCUT2D eigenvalue weighted by Gasteiger charge is -2.23. The standard InChI is InChI=1S/C13H18N2O3S/c1-15(11-7-8-14-9-11)13(16)10-3-5-12(6-4-10)19(2,17)18/h3-6,11,14H,7-9H2,1-2H3/t11-/m1/s1. The molecular weight excluding hydrogens is 264 g/mol. The van der Waals surface area contributed by atoms with Crippen LogP contribution >= 0.6 is 0 Å². The number of hydrogen-bond acceptors (Lipinski definition) is 4. The van der Waals surface area contributed by atoms with Gasteiger partial charge in [0.05, 0.1) is 4.90 Å². The number of benzene rings is 1. The van der Waals surface area contributed by atoms with Crippen LogP contribution in [0.25, 0.3) is 0 Å². The molecule has 0 spiro atoms. The Kier molecular flexibility index (Phi) is 3.91. The molecule has 0 saturated carbocycles. The van der Waals surface area contributed by atoms with Gasteiger partial charge in [0.1, 0.15) is 0 Å². The van der Waals surface area contributed by atoms with Crippen LogP contribution in [-0.4, -0.2) is 51.7 Å². The van der Waals surface area contributed by atoms with Crippen molar-refractivity contribution in [1.82, 2.24) is 10.2 Å². The highest BCUT2D eigenvalue weighted by Gasteiger charge is 2.24. The summed E-state index contributed by atoms with van der Waals surface area (Å²) in [5.41, 5.74) is 0.516. The first-order valence-electron chi connectivity index (χ1n) is 6.17. The van der Waals surface area contributed by atoms with E-state index in [4.69, 9.17) is 0 Å². The Balaban J connectivity index is 2.15. The van der Waals surface area contributed by atoms with E-state index < -0.39 is 9.84 Å². The summed E-state index contributed by atoms with van der Waals surface area (Å²) in [6.07, 6.45) is 2.10. The lowest BCUT2D eigenvalue weighted by atomic mass is 10.1.